The van der Waals surface area contributed by atoms with E-state index < -0.39 is 48.4 Å². The summed E-state index contributed by atoms with van der Waals surface area (Å²) in [7, 11) is 0. The van der Waals surface area contributed by atoms with Gasteiger partial charge in [0.05, 0.1) is 25.4 Å². The topological polar surface area (TPSA) is 111 Å². The van der Waals surface area contributed by atoms with E-state index in [1.54, 1.807) is 16.8 Å². The van der Waals surface area contributed by atoms with Gasteiger partial charge in [-0.25, -0.2) is 27.5 Å². The second-order valence-corrected chi connectivity index (χ2v) is 8.82. The lowest BCUT2D eigenvalue weighted by Crippen LogP contribution is -2.45. The lowest BCUT2D eigenvalue weighted by atomic mass is 9.95. The summed E-state index contributed by atoms with van der Waals surface area (Å²) in [6.07, 6.45) is 0.118. The first kappa shape index (κ1) is 24.4. The van der Waals surface area contributed by atoms with E-state index in [1.807, 2.05) is 12.1 Å². The molecule has 3 heterocycles. The van der Waals surface area contributed by atoms with Gasteiger partial charge in [0.25, 0.3) is 0 Å². The Labute approximate surface area is 207 Å². The average Bonchev–Trinajstić information content (AvgIpc) is 3.53. The Hall–Kier alpha value is -3.32. The molecule has 1 saturated heterocycles. The highest BCUT2D eigenvalue weighted by Crippen LogP contribution is 2.37. The van der Waals surface area contributed by atoms with E-state index >= 15 is 0 Å². The average molecular weight is 521 g/mol. The Morgan fingerprint density at radius 1 is 1.14 bits per heavy atom. The van der Waals surface area contributed by atoms with Gasteiger partial charge in [0.2, 0.25) is 0 Å². The molecule has 1 aliphatic heterocycles. The van der Waals surface area contributed by atoms with E-state index in [-0.39, 0.29) is 17.7 Å². The molecule has 0 aliphatic carbocycles. The molecule has 2 aromatic carbocycles. The third-order valence-corrected chi connectivity index (χ3v) is 6.27. The molecule has 9 nitrogen and oxygen atoms in total. The van der Waals surface area contributed by atoms with Gasteiger partial charge in [0.1, 0.15) is 30.3 Å². The van der Waals surface area contributed by atoms with Crippen molar-refractivity contribution in [2.45, 2.75) is 37.3 Å². The van der Waals surface area contributed by atoms with E-state index in [4.69, 9.17) is 16.3 Å². The van der Waals surface area contributed by atoms with Gasteiger partial charge in [-0.2, -0.15) is 5.10 Å². The second-order valence-electron chi connectivity index (χ2n) is 8.38. The monoisotopic (exact) mass is 520 g/mol. The van der Waals surface area contributed by atoms with Gasteiger partial charge in [0.15, 0.2) is 23.3 Å². The number of benzene rings is 2. The number of nitrogens with zero attached hydrogens (tertiary/aromatic N) is 6. The lowest BCUT2D eigenvalue weighted by molar-refractivity contribution is -0.161. The van der Waals surface area contributed by atoms with Crippen molar-refractivity contribution in [3.63, 3.8) is 0 Å². The predicted molar refractivity (Wildman–Crippen MR) is 120 cm³/mol. The molecule has 13 heteroatoms. The van der Waals surface area contributed by atoms with Crippen LogP contribution in [0, 0.1) is 17.5 Å². The van der Waals surface area contributed by atoms with E-state index in [9.17, 15) is 23.4 Å². The zero-order valence-corrected chi connectivity index (χ0v) is 19.3. The molecule has 0 radical (unpaired) electrons. The third-order valence-electron chi connectivity index (χ3n) is 6.03. The summed E-state index contributed by atoms with van der Waals surface area (Å²) in [4.78, 5) is 4.33. The summed E-state index contributed by atoms with van der Waals surface area (Å²) in [5.41, 5.74) is 0.948. The summed E-state index contributed by atoms with van der Waals surface area (Å²) in [6.45, 7) is -0.117. The number of rotatable bonds is 6. The highest BCUT2D eigenvalue weighted by molar-refractivity contribution is 6.30. The Balaban J connectivity index is 1.42. The molecular formula is C23H20ClF3N6O3. The molecule has 2 aromatic heterocycles. The number of hydrogen-bond acceptors (Lipinski definition) is 7. The van der Waals surface area contributed by atoms with Crippen molar-refractivity contribution in [2.24, 2.45) is 0 Å². The maximum Gasteiger partial charge on any atom is 0.194 e. The summed E-state index contributed by atoms with van der Waals surface area (Å²) in [5, 5.41) is 33.5. The highest BCUT2D eigenvalue weighted by atomic mass is 35.5. The van der Waals surface area contributed by atoms with Crippen LogP contribution in [0.1, 0.15) is 30.0 Å². The Morgan fingerprint density at radius 3 is 2.64 bits per heavy atom. The zero-order chi connectivity index (χ0) is 25.4. The molecule has 0 saturated carbocycles. The van der Waals surface area contributed by atoms with Crippen molar-refractivity contribution in [3.8, 4) is 11.3 Å². The molecule has 4 aromatic rings. The maximum atomic E-state index is 13.7. The minimum Gasteiger partial charge on any atom is -0.394 e. The van der Waals surface area contributed by atoms with Crippen LogP contribution in [0.3, 0.4) is 0 Å². The minimum atomic E-state index is -1.58. The fourth-order valence-electron chi connectivity index (χ4n) is 4.26. The molecule has 0 spiro atoms. The summed E-state index contributed by atoms with van der Waals surface area (Å²) in [5.74, 6) is -3.83. The second kappa shape index (κ2) is 9.97. The van der Waals surface area contributed by atoms with Gasteiger partial charge in [0, 0.05) is 17.0 Å². The smallest absolute Gasteiger partial charge is 0.194 e. The van der Waals surface area contributed by atoms with Gasteiger partial charge < -0.3 is 14.9 Å². The van der Waals surface area contributed by atoms with Crippen LogP contribution in [-0.4, -0.2) is 58.8 Å². The molecule has 0 bridgehead atoms. The number of aromatic nitrogens is 6. The molecule has 0 amide bonds. The molecule has 5 rings (SSSR count). The number of aliphatic hydroxyl groups excluding tert-OH is 2. The van der Waals surface area contributed by atoms with Gasteiger partial charge in [-0.15, -0.1) is 5.10 Å². The van der Waals surface area contributed by atoms with Crippen LogP contribution in [0.4, 0.5) is 13.2 Å². The van der Waals surface area contributed by atoms with Crippen molar-refractivity contribution >= 4 is 11.6 Å². The molecule has 2 N–H and O–H groups in total. The van der Waals surface area contributed by atoms with Crippen LogP contribution in [0.5, 0.6) is 0 Å². The van der Waals surface area contributed by atoms with E-state index in [0.29, 0.717) is 17.4 Å². The normalized spacial score (nSPS) is 22.2. The minimum absolute atomic E-state index is 0.0178. The van der Waals surface area contributed by atoms with Gasteiger partial charge in [-0.1, -0.05) is 28.9 Å². The zero-order valence-electron chi connectivity index (χ0n) is 18.5. The Morgan fingerprint density at radius 2 is 1.92 bits per heavy atom. The van der Waals surface area contributed by atoms with Crippen LogP contribution in [0.2, 0.25) is 5.02 Å². The fourth-order valence-corrected chi connectivity index (χ4v) is 4.48. The largest absolute Gasteiger partial charge is 0.394 e. The van der Waals surface area contributed by atoms with Crippen molar-refractivity contribution in [2.75, 3.05) is 6.61 Å². The molecule has 1 fully saturated rings. The predicted octanol–water partition coefficient (Wildman–Crippen LogP) is 3.08. The Kier molecular flexibility index (Phi) is 6.75. The molecule has 36 heavy (non-hydrogen) atoms. The molecule has 4 unspecified atom stereocenters. The van der Waals surface area contributed by atoms with E-state index in [1.165, 1.54) is 17.2 Å². The van der Waals surface area contributed by atoms with Crippen LogP contribution in [0.15, 0.2) is 48.9 Å². The number of aliphatic hydroxyl groups is 2. The standard InChI is InChI=1S/C23H20ClF3N6O3/c24-14-3-1-2-12(4-14)8-33-23(28-11-29-33)19-7-18(22(35)20(10-34)36-19)32-9-17(30-31-32)13-5-15(25)21(27)16(26)6-13/h1-6,9,11,18-20,22,34-35H,7-8,10H2. The summed E-state index contributed by atoms with van der Waals surface area (Å²) >= 11 is 6.08. The fraction of sp³-hybridized carbons (Fsp3) is 0.304. The highest BCUT2D eigenvalue weighted by Gasteiger charge is 2.41. The number of ether oxygens (including phenoxy) is 1. The summed E-state index contributed by atoms with van der Waals surface area (Å²) in [6, 6.07) is 8.16. The number of halogens is 4. The van der Waals surface area contributed by atoms with Crippen molar-refractivity contribution in [3.05, 3.63) is 82.8 Å². The van der Waals surface area contributed by atoms with Crippen LogP contribution >= 0.6 is 11.6 Å². The first-order valence-corrected chi connectivity index (χ1v) is 11.3. The SMILES string of the molecule is OCC1OC(c2ncnn2Cc2cccc(Cl)c2)CC(n2cc(-c3cc(F)c(F)c(F)c3)nn2)C1O. The van der Waals surface area contributed by atoms with Crippen LogP contribution in [-0.2, 0) is 11.3 Å². The van der Waals surface area contributed by atoms with Gasteiger partial charge >= 0.3 is 0 Å². The van der Waals surface area contributed by atoms with Crippen LogP contribution in [0.25, 0.3) is 11.3 Å². The summed E-state index contributed by atoms with van der Waals surface area (Å²) < 4.78 is 49.6. The van der Waals surface area contributed by atoms with E-state index in [2.05, 4.69) is 20.4 Å². The van der Waals surface area contributed by atoms with Crippen LogP contribution < -0.4 is 0 Å². The maximum absolute atomic E-state index is 13.7. The first-order chi connectivity index (χ1) is 17.3. The van der Waals surface area contributed by atoms with Crippen molar-refractivity contribution in [1.82, 2.24) is 29.8 Å². The van der Waals surface area contributed by atoms with Gasteiger partial charge in [-0.3, -0.25) is 0 Å². The molecule has 188 valence electrons. The molecule has 1 aliphatic rings. The number of hydrogen-bond donors (Lipinski definition) is 2. The van der Waals surface area contributed by atoms with Crippen molar-refractivity contribution in [1.29, 1.82) is 0 Å². The van der Waals surface area contributed by atoms with Crippen molar-refractivity contribution < 1.29 is 28.1 Å². The molecular weight excluding hydrogens is 501 g/mol. The lowest BCUT2D eigenvalue weighted by Gasteiger charge is -2.38. The molecule has 4 atom stereocenters. The van der Waals surface area contributed by atoms with Gasteiger partial charge in [-0.05, 0) is 29.8 Å². The quantitative estimate of drug-likeness (QED) is 0.376. The first-order valence-electron chi connectivity index (χ1n) is 11.0. The van der Waals surface area contributed by atoms with E-state index in [0.717, 1.165) is 17.7 Å². The third kappa shape index (κ3) is 4.72. The Bertz CT molecular complexity index is 1360.